The number of aryl methyl sites for hydroxylation is 1. The fourth-order valence-corrected chi connectivity index (χ4v) is 3.28. The molecule has 29 heavy (non-hydrogen) atoms. The molecule has 2 aliphatic carbocycles. The Kier molecular flexibility index (Phi) is 10.5. The summed E-state index contributed by atoms with van der Waals surface area (Å²) in [6, 6.07) is 7.17. The molecule has 0 aromatic heterocycles. The molecule has 2 fully saturated rings. The monoisotopic (exact) mass is 516 g/mol. The van der Waals surface area contributed by atoms with Gasteiger partial charge in [-0.1, -0.05) is 12.1 Å². The van der Waals surface area contributed by atoms with Crippen molar-refractivity contribution in [3.05, 3.63) is 29.3 Å². The van der Waals surface area contributed by atoms with E-state index in [1.165, 1.54) is 36.8 Å². The molecule has 164 valence electrons. The zero-order valence-electron chi connectivity index (χ0n) is 18.1. The molecule has 0 radical (unpaired) electrons. The van der Waals surface area contributed by atoms with E-state index >= 15 is 0 Å². The maximum Gasteiger partial charge on any atom is 0.191 e. The van der Waals surface area contributed by atoms with Crippen LogP contribution in [0.2, 0.25) is 0 Å². The quantitative estimate of drug-likeness (QED) is 0.254. The molecule has 6 nitrogen and oxygen atoms in total. The number of ether oxygens (including phenoxy) is 2. The van der Waals surface area contributed by atoms with Gasteiger partial charge in [-0.05, 0) is 50.2 Å². The third-order valence-electron chi connectivity index (χ3n) is 5.40. The third kappa shape index (κ3) is 8.68. The molecule has 0 atom stereocenters. The Labute approximate surface area is 192 Å². The molecule has 1 aromatic rings. The summed E-state index contributed by atoms with van der Waals surface area (Å²) in [5, 5.41) is 6.86. The van der Waals surface area contributed by atoms with Gasteiger partial charge in [0, 0.05) is 51.9 Å². The Bertz CT molecular complexity index is 648. The average molecular weight is 516 g/mol. The van der Waals surface area contributed by atoms with Crippen LogP contribution in [0.5, 0.6) is 5.75 Å². The number of halogens is 1. The molecule has 2 N–H and O–H groups in total. The minimum Gasteiger partial charge on any atom is -0.493 e. The number of methoxy groups -OCH3 is 1. The van der Waals surface area contributed by atoms with Crippen LogP contribution < -0.4 is 15.4 Å². The third-order valence-corrected chi connectivity index (χ3v) is 5.40. The predicted molar refractivity (Wildman–Crippen MR) is 129 cm³/mol. The molecule has 0 bridgehead atoms. The van der Waals surface area contributed by atoms with Gasteiger partial charge in [0.1, 0.15) is 5.75 Å². The van der Waals surface area contributed by atoms with Crippen LogP contribution in [0.25, 0.3) is 0 Å². The molecule has 0 unspecified atom stereocenters. The van der Waals surface area contributed by atoms with E-state index in [2.05, 4.69) is 45.6 Å². The van der Waals surface area contributed by atoms with Crippen LogP contribution in [0.15, 0.2) is 23.2 Å². The van der Waals surface area contributed by atoms with Crippen LogP contribution in [0, 0.1) is 12.8 Å². The first kappa shape index (κ1) is 24.2. The van der Waals surface area contributed by atoms with E-state index in [1.54, 1.807) is 7.11 Å². The van der Waals surface area contributed by atoms with E-state index in [0.29, 0.717) is 6.54 Å². The summed E-state index contributed by atoms with van der Waals surface area (Å²) < 4.78 is 11.3. The second kappa shape index (κ2) is 12.6. The summed E-state index contributed by atoms with van der Waals surface area (Å²) in [6.45, 7) is 7.32. The summed E-state index contributed by atoms with van der Waals surface area (Å²) in [5.41, 5.74) is 2.40. The summed E-state index contributed by atoms with van der Waals surface area (Å²) in [5.74, 6) is 2.58. The van der Waals surface area contributed by atoms with Gasteiger partial charge in [-0.3, -0.25) is 9.89 Å². The minimum atomic E-state index is 0. The molecule has 1 aromatic carbocycles. The molecular weight excluding hydrogens is 479 g/mol. The maximum absolute atomic E-state index is 6.07. The second-order valence-electron chi connectivity index (χ2n) is 7.98. The lowest BCUT2D eigenvalue weighted by Gasteiger charge is -2.22. The SMILES string of the molecule is CN=C(NCCN(CCOC)C1CC1)NCc1ccc(C)cc1OCC1CC1.I. The average Bonchev–Trinajstić information content (AvgIpc) is 3.60. The van der Waals surface area contributed by atoms with Crippen molar-refractivity contribution in [2.24, 2.45) is 10.9 Å². The lowest BCUT2D eigenvalue weighted by atomic mass is 10.1. The van der Waals surface area contributed by atoms with Crippen molar-refractivity contribution < 1.29 is 9.47 Å². The van der Waals surface area contributed by atoms with E-state index in [0.717, 1.165) is 56.5 Å². The molecule has 0 spiro atoms. The molecule has 0 aliphatic heterocycles. The van der Waals surface area contributed by atoms with Crippen LogP contribution in [-0.2, 0) is 11.3 Å². The van der Waals surface area contributed by atoms with Crippen molar-refractivity contribution in [1.82, 2.24) is 15.5 Å². The van der Waals surface area contributed by atoms with E-state index in [9.17, 15) is 0 Å². The van der Waals surface area contributed by atoms with Crippen LogP contribution in [0.3, 0.4) is 0 Å². The van der Waals surface area contributed by atoms with Gasteiger partial charge >= 0.3 is 0 Å². The molecule has 3 rings (SSSR count). The van der Waals surface area contributed by atoms with Crippen LogP contribution in [-0.4, -0.2) is 63.9 Å². The van der Waals surface area contributed by atoms with Crippen molar-refractivity contribution in [1.29, 1.82) is 0 Å². The summed E-state index contributed by atoms with van der Waals surface area (Å²) in [4.78, 5) is 6.87. The normalized spacial score (nSPS) is 16.5. The molecular formula is C22H37IN4O2. The highest BCUT2D eigenvalue weighted by Crippen LogP contribution is 2.30. The first-order chi connectivity index (χ1) is 13.7. The maximum atomic E-state index is 6.07. The molecule has 0 amide bonds. The van der Waals surface area contributed by atoms with Crippen molar-refractivity contribution in [2.75, 3.05) is 47.0 Å². The lowest BCUT2D eigenvalue weighted by molar-refractivity contribution is 0.144. The molecule has 0 heterocycles. The van der Waals surface area contributed by atoms with Crippen LogP contribution >= 0.6 is 24.0 Å². The molecule has 2 aliphatic rings. The molecule has 0 saturated heterocycles. The fourth-order valence-electron chi connectivity index (χ4n) is 3.28. The highest BCUT2D eigenvalue weighted by Gasteiger charge is 2.28. The first-order valence-electron chi connectivity index (χ1n) is 10.6. The van der Waals surface area contributed by atoms with Crippen molar-refractivity contribution in [3.8, 4) is 5.75 Å². The Hall–Kier alpha value is -1.06. The van der Waals surface area contributed by atoms with Crippen LogP contribution in [0.1, 0.15) is 36.8 Å². The van der Waals surface area contributed by atoms with Gasteiger partial charge in [0.25, 0.3) is 0 Å². The second-order valence-corrected chi connectivity index (χ2v) is 7.98. The Morgan fingerprint density at radius 3 is 2.62 bits per heavy atom. The topological polar surface area (TPSA) is 58.1 Å². The minimum absolute atomic E-state index is 0. The van der Waals surface area contributed by atoms with Crippen molar-refractivity contribution in [3.63, 3.8) is 0 Å². The van der Waals surface area contributed by atoms with Crippen molar-refractivity contribution in [2.45, 2.75) is 45.2 Å². The number of benzene rings is 1. The van der Waals surface area contributed by atoms with Crippen LogP contribution in [0.4, 0.5) is 0 Å². The van der Waals surface area contributed by atoms with Gasteiger partial charge < -0.3 is 20.1 Å². The highest BCUT2D eigenvalue weighted by molar-refractivity contribution is 14.0. The number of hydrogen-bond donors (Lipinski definition) is 2. The van der Waals surface area contributed by atoms with E-state index in [1.807, 2.05) is 7.05 Å². The largest absolute Gasteiger partial charge is 0.493 e. The zero-order chi connectivity index (χ0) is 19.8. The number of nitrogens with one attached hydrogen (secondary N) is 2. The number of guanidine groups is 1. The number of nitrogens with zero attached hydrogens (tertiary/aromatic N) is 2. The van der Waals surface area contributed by atoms with Gasteiger partial charge in [-0.2, -0.15) is 0 Å². The predicted octanol–water partition coefficient (Wildman–Crippen LogP) is 3.18. The summed E-state index contributed by atoms with van der Waals surface area (Å²) in [6.07, 6.45) is 5.23. The number of aliphatic imine (C=N–C) groups is 1. The Morgan fingerprint density at radius 2 is 1.97 bits per heavy atom. The van der Waals surface area contributed by atoms with E-state index < -0.39 is 0 Å². The van der Waals surface area contributed by atoms with Gasteiger partial charge in [0.2, 0.25) is 0 Å². The van der Waals surface area contributed by atoms with E-state index in [4.69, 9.17) is 9.47 Å². The van der Waals surface area contributed by atoms with E-state index in [-0.39, 0.29) is 24.0 Å². The first-order valence-corrected chi connectivity index (χ1v) is 10.6. The Balaban J connectivity index is 0.00000300. The molecule has 2 saturated carbocycles. The highest BCUT2D eigenvalue weighted by atomic mass is 127. The standard InChI is InChI=1S/C22H36N4O2.HI/c1-17-4-7-19(21(14-17)28-16-18-5-6-18)15-25-22(23-2)24-10-11-26(12-13-27-3)20-8-9-20;/h4,7,14,18,20H,5-6,8-13,15-16H2,1-3H3,(H2,23,24,25);1H. The van der Waals surface area contributed by atoms with Gasteiger partial charge in [-0.25, -0.2) is 0 Å². The Morgan fingerprint density at radius 1 is 1.17 bits per heavy atom. The number of hydrogen-bond acceptors (Lipinski definition) is 4. The lowest BCUT2D eigenvalue weighted by Crippen LogP contribution is -2.42. The number of rotatable bonds is 12. The molecule has 7 heteroatoms. The van der Waals surface area contributed by atoms with Gasteiger partial charge in [-0.15, -0.1) is 24.0 Å². The van der Waals surface area contributed by atoms with Gasteiger partial charge in [0.05, 0.1) is 13.2 Å². The van der Waals surface area contributed by atoms with Gasteiger partial charge in [0.15, 0.2) is 5.96 Å². The summed E-state index contributed by atoms with van der Waals surface area (Å²) >= 11 is 0. The van der Waals surface area contributed by atoms with Crippen molar-refractivity contribution >= 4 is 29.9 Å². The smallest absolute Gasteiger partial charge is 0.191 e. The summed E-state index contributed by atoms with van der Waals surface area (Å²) in [7, 11) is 3.58. The fraction of sp³-hybridized carbons (Fsp3) is 0.682. The zero-order valence-corrected chi connectivity index (χ0v) is 20.4.